The fraction of sp³-hybridized carbons (Fsp3) is 0.600. The Bertz CT molecular complexity index is 367. The highest BCUT2D eigenvalue weighted by Gasteiger charge is 2.07. The second-order valence-corrected chi connectivity index (χ2v) is 5.38. The van der Waals surface area contributed by atoms with Crippen LogP contribution in [0.1, 0.15) is 13.8 Å². The maximum atomic E-state index is 9.85. The second kappa shape index (κ2) is 8.02. The lowest BCUT2D eigenvalue weighted by Crippen LogP contribution is -2.26. The van der Waals surface area contributed by atoms with Crippen molar-refractivity contribution in [2.24, 2.45) is 5.92 Å². The van der Waals surface area contributed by atoms with Crippen molar-refractivity contribution < 1.29 is 9.84 Å². The Morgan fingerprint density at radius 2 is 1.89 bits per heavy atom. The second-order valence-electron chi connectivity index (χ2n) is 5.38. The van der Waals surface area contributed by atoms with Crippen LogP contribution in [0.5, 0.6) is 0 Å². The lowest BCUT2D eigenvalue weighted by molar-refractivity contribution is 0.0318. The Kier molecular flexibility index (Phi) is 6.67. The molecule has 0 spiro atoms. The van der Waals surface area contributed by atoms with E-state index in [4.69, 9.17) is 4.74 Å². The number of hydrogen-bond donors (Lipinski definition) is 2. The number of nitrogens with one attached hydrogen (secondary N) is 1. The molecule has 2 N–H and O–H groups in total. The van der Waals surface area contributed by atoms with Crippen molar-refractivity contribution in [3.8, 4) is 0 Å². The molecule has 19 heavy (non-hydrogen) atoms. The summed E-state index contributed by atoms with van der Waals surface area (Å²) in [5, 5.41) is 13.1. The molecule has 4 heteroatoms. The van der Waals surface area contributed by atoms with Gasteiger partial charge in [0.15, 0.2) is 0 Å². The number of aliphatic hydroxyl groups excluding tert-OH is 1. The first-order valence-electron chi connectivity index (χ1n) is 6.76. The summed E-state index contributed by atoms with van der Waals surface area (Å²) in [4.78, 5) is 2.05. The molecule has 1 aromatic rings. The minimum Gasteiger partial charge on any atom is -0.389 e. The van der Waals surface area contributed by atoms with Gasteiger partial charge in [0, 0.05) is 27.2 Å². The van der Waals surface area contributed by atoms with Crippen molar-refractivity contribution in [1.29, 1.82) is 0 Å². The van der Waals surface area contributed by atoms with Gasteiger partial charge in [0.05, 0.1) is 24.1 Å². The van der Waals surface area contributed by atoms with Gasteiger partial charge in [-0.15, -0.1) is 0 Å². The summed E-state index contributed by atoms with van der Waals surface area (Å²) < 4.78 is 5.42. The van der Waals surface area contributed by atoms with Crippen LogP contribution >= 0.6 is 0 Å². The van der Waals surface area contributed by atoms with Crippen LogP contribution in [-0.4, -0.2) is 45.1 Å². The fourth-order valence-electron chi connectivity index (χ4n) is 1.74. The fourth-order valence-corrected chi connectivity index (χ4v) is 1.74. The maximum absolute atomic E-state index is 9.85. The zero-order valence-corrected chi connectivity index (χ0v) is 12.4. The van der Waals surface area contributed by atoms with Gasteiger partial charge < -0.3 is 20.1 Å². The van der Waals surface area contributed by atoms with Crippen LogP contribution in [-0.2, 0) is 4.74 Å². The van der Waals surface area contributed by atoms with E-state index in [1.807, 2.05) is 43.3 Å². The van der Waals surface area contributed by atoms with Gasteiger partial charge in [-0.3, -0.25) is 0 Å². The zero-order chi connectivity index (χ0) is 14.3. The first-order valence-corrected chi connectivity index (χ1v) is 6.76. The van der Waals surface area contributed by atoms with Crippen molar-refractivity contribution in [2.45, 2.75) is 20.0 Å². The van der Waals surface area contributed by atoms with Gasteiger partial charge in [0.2, 0.25) is 0 Å². The topological polar surface area (TPSA) is 44.7 Å². The largest absolute Gasteiger partial charge is 0.389 e. The van der Waals surface area contributed by atoms with E-state index in [1.54, 1.807) is 0 Å². The number of benzene rings is 1. The molecule has 0 saturated heterocycles. The van der Waals surface area contributed by atoms with Crippen molar-refractivity contribution in [2.75, 3.05) is 44.1 Å². The van der Waals surface area contributed by atoms with Crippen molar-refractivity contribution in [1.82, 2.24) is 0 Å². The van der Waals surface area contributed by atoms with Crippen LogP contribution < -0.4 is 10.2 Å². The number of para-hydroxylation sites is 2. The summed E-state index contributed by atoms with van der Waals surface area (Å²) in [6.45, 7) is 5.74. The summed E-state index contributed by atoms with van der Waals surface area (Å²) in [5.41, 5.74) is 2.13. The predicted molar refractivity (Wildman–Crippen MR) is 80.9 cm³/mol. The van der Waals surface area contributed by atoms with Crippen LogP contribution in [0.4, 0.5) is 11.4 Å². The van der Waals surface area contributed by atoms with E-state index in [2.05, 4.69) is 19.2 Å². The first kappa shape index (κ1) is 15.8. The van der Waals surface area contributed by atoms with Gasteiger partial charge in [-0.25, -0.2) is 0 Å². The quantitative estimate of drug-likeness (QED) is 0.757. The normalized spacial score (nSPS) is 12.5. The molecule has 1 unspecified atom stereocenters. The third-order valence-electron chi connectivity index (χ3n) is 2.68. The molecule has 0 saturated carbocycles. The van der Waals surface area contributed by atoms with E-state index >= 15 is 0 Å². The van der Waals surface area contributed by atoms with E-state index in [9.17, 15) is 5.11 Å². The highest BCUT2D eigenvalue weighted by molar-refractivity contribution is 5.69. The molecule has 0 radical (unpaired) electrons. The Balaban J connectivity index is 2.39. The van der Waals surface area contributed by atoms with Crippen LogP contribution in [0.25, 0.3) is 0 Å². The summed E-state index contributed by atoms with van der Waals surface area (Å²) in [6.07, 6.45) is -0.492. The smallest absolute Gasteiger partial charge is 0.0945 e. The molecule has 108 valence electrons. The minimum absolute atomic E-state index is 0.370. The minimum atomic E-state index is -0.492. The molecule has 1 atom stereocenters. The van der Waals surface area contributed by atoms with Crippen LogP contribution in [0.15, 0.2) is 24.3 Å². The molecule has 0 aliphatic carbocycles. The van der Waals surface area contributed by atoms with Gasteiger partial charge in [-0.1, -0.05) is 26.0 Å². The van der Waals surface area contributed by atoms with Gasteiger partial charge in [0.25, 0.3) is 0 Å². The molecular formula is C15H26N2O2. The molecule has 4 nitrogen and oxygen atoms in total. The first-order chi connectivity index (χ1) is 9.00. The Hall–Kier alpha value is -1.26. The van der Waals surface area contributed by atoms with Crippen LogP contribution in [0.3, 0.4) is 0 Å². The third-order valence-corrected chi connectivity index (χ3v) is 2.68. The molecule has 0 amide bonds. The van der Waals surface area contributed by atoms with E-state index in [0.717, 1.165) is 11.4 Å². The van der Waals surface area contributed by atoms with Crippen LogP contribution in [0, 0.1) is 5.92 Å². The number of anilines is 2. The molecule has 1 rings (SSSR count). The summed E-state index contributed by atoms with van der Waals surface area (Å²) in [5.74, 6) is 0.495. The van der Waals surface area contributed by atoms with Gasteiger partial charge in [-0.05, 0) is 18.1 Å². The standard InChI is InChI=1S/C15H26N2O2/c1-12(2)10-19-11-13(18)9-16-14-7-5-6-8-15(14)17(3)4/h5-8,12-13,16,18H,9-11H2,1-4H3. The molecule has 0 aromatic heterocycles. The van der Waals surface area contributed by atoms with Gasteiger partial charge in [0.1, 0.15) is 0 Å². The average Bonchev–Trinajstić information content (AvgIpc) is 2.36. The van der Waals surface area contributed by atoms with Gasteiger partial charge >= 0.3 is 0 Å². The Morgan fingerprint density at radius 3 is 2.53 bits per heavy atom. The zero-order valence-electron chi connectivity index (χ0n) is 12.4. The molecule has 0 bridgehead atoms. The SMILES string of the molecule is CC(C)COCC(O)CNc1ccccc1N(C)C. The highest BCUT2D eigenvalue weighted by atomic mass is 16.5. The monoisotopic (exact) mass is 266 g/mol. The van der Waals surface area contributed by atoms with Crippen molar-refractivity contribution in [3.05, 3.63) is 24.3 Å². The number of nitrogens with zero attached hydrogens (tertiary/aromatic N) is 1. The summed E-state index contributed by atoms with van der Waals surface area (Å²) in [7, 11) is 4.01. The maximum Gasteiger partial charge on any atom is 0.0945 e. The van der Waals surface area contributed by atoms with Crippen molar-refractivity contribution in [3.63, 3.8) is 0 Å². The van der Waals surface area contributed by atoms with E-state index in [0.29, 0.717) is 25.7 Å². The molecule has 0 aliphatic heterocycles. The average molecular weight is 266 g/mol. The number of rotatable bonds is 8. The molecule has 0 heterocycles. The Labute approximate surface area is 116 Å². The molecule has 0 aliphatic rings. The van der Waals surface area contributed by atoms with E-state index in [-0.39, 0.29) is 0 Å². The van der Waals surface area contributed by atoms with Crippen LogP contribution in [0.2, 0.25) is 0 Å². The van der Waals surface area contributed by atoms with E-state index in [1.165, 1.54) is 0 Å². The highest BCUT2D eigenvalue weighted by Crippen LogP contribution is 2.23. The molecular weight excluding hydrogens is 240 g/mol. The molecule has 0 fully saturated rings. The van der Waals surface area contributed by atoms with Crippen molar-refractivity contribution >= 4 is 11.4 Å². The third kappa shape index (κ3) is 5.94. The van der Waals surface area contributed by atoms with E-state index < -0.39 is 6.10 Å². The van der Waals surface area contributed by atoms with Gasteiger partial charge in [-0.2, -0.15) is 0 Å². The summed E-state index contributed by atoms with van der Waals surface area (Å²) in [6, 6.07) is 8.04. The summed E-state index contributed by atoms with van der Waals surface area (Å²) >= 11 is 0. The number of hydrogen-bond acceptors (Lipinski definition) is 4. The lowest BCUT2D eigenvalue weighted by atomic mass is 10.2. The predicted octanol–water partition coefficient (Wildman–Crippen LogP) is 2.20. The lowest BCUT2D eigenvalue weighted by Gasteiger charge is -2.20. The molecule has 1 aromatic carbocycles. The number of ether oxygens (including phenoxy) is 1. The Morgan fingerprint density at radius 1 is 1.21 bits per heavy atom. The number of aliphatic hydroxyl groups is 1.